The monoisotopic (exact) mass is 398 g/mol. The molecule has 29 heavy (non-hydrogen) atoms. The van der Waals surface area contributed by atoms with Gasteiger partial charge in [-0.05, 0) is 49.1 Å². The normalized spacial score (nSPS) is 15.7. The zero-order chi connectivity index (χ0) is 20.6. The first-order valence-electron chi connectivity index (χ1n) is 9.69. The Bertz CT molecular complexity index is 845. The summed E-state index contributed by atoms with van der Waals surface area (Å²) in [7, 11) is 0. The van der Waals surface area contributed by atoms with E-state index in [4.69, 9.17) is 14.6 Å². The number of carboxylic acid groups (broad SMARTS) is 1. The fourth-order valence-electron chi connectivity index (χ4n) is 3.09. The van der Waals surface area contributed by atoms with Crippen LogP contribution in [-0.2, 0) is 17.8 Å². The molecule has 0 saturated carbocycles. The third-order valence-electron chi connectivity index (χ3n) is 4.76. The largest absolute Gasteiger partial charge is 0.491 e. The molecule has 1 unspecified atom stereocenters. The maximum absolute atomic E-state index is 12.1. The second-order valence-corrected chi connectivity index (χ2v) is 7.10. The smallest absolute Gasteiger partial charge is 0.335 e. The van der Waals surface area contributed by atoms with Crippen molar-refractivity contribution in [3.05, 3.63) is 64.7 Å². The molecule has 3 rings (SSSR count). The molecule has 1 atom stereocenters. The van der Waals surface area contributed by atoms with E-state index in [2.05, 4.69) is 10.6 Å². The van der Waals surface area contributed by atoms with E-state index in [0.717, 1.165) is 41.9 Å². The average molecular weight is 398 g/mol. The molecular formula is C22H26N2O5. The third kappa shape index (κ3) is 6.22. The summed E-state index contributed by atoms with van der Waals surface area (Å²) in [5.74, 6) is -0.220. The summed E-state index contributed by atoms with van der Waals surface area (Å²) in [4.78, 5) is 23.0. The summed E-state index contributed by atoms with van der Waals surface area (Å²) in [6.45, 7) is 3.94. The first kappa shape index (κ1) is 20.7. The van der Waals surface area contributed by atoms with Gasteiger partial charge in [0.15, 0.2) is 0 Å². The zero-order valence-corrected chi connectivity index (χ0v) is 16.4. The summed E-state index contributed by atoms with van der Waals surface area (Å²) in [5.41, 5.74) is 3.02. The first-order valence-corrected chi connectivity index (χ1v) is 9.69. The minimum Gasteiger partial charge on any atom is -0.491 e. The number of nitrogens with one attached hydrogen (secondary N) is 2. The lowest BCUT2D eigenvalue weighted by Crippen LogP contribution is -2.34. The molecule has 0 bridgehead atoms. The predicted octanol–water partition coefficient (Wildman–Crippen LogP) is 3.25. The van der Waals surface area contributed by atoms with Crippen molar-refractivity contribution < 1.29 is 24.2 Å². The molecule has 7 heteroatoms. The second-order valence-electron chi connectivity index (χ2n) is 7.10. The van der Waals surface area contributed by atoms with Crippen molar-refractivity contribution in [2.75, 3.05) is 13.2 Å². The molecule has 1 saturated heterocycles. The minimum absolute atomic E-state index is 0.132. The van der Waals surface area contributed by atoms with Gasteiger partial charge in [0.1, 0.15) is 12.4 Å². The van der Waals surface area contributed by atoms with Crippen molar-refractivity contribution in [1.29, 1.82) is 0 Å². The van der Waals surface area contributed by atoms with Crippen molar-refractivity contribution in [1.82, 2.24) is 10.6 Å². The summed E-state index contributed by atoms with van der Waals surface area (Å²) >= 11 is 0. The first-order chi connectivity index (χ1) is 14.0. The van der Waals surface area contributed by atoms with E-state index in [1.807, 2.05) is 25.1 Å². The maximum Gasteiger partial charge on any atom is 0.335 e. The second kappa shape index (κ2) is 9.93. The summed E-state index contributed by atoms with van der Waals surface area (Å²) < 4.78 is 11.5. The summed E-state index contributed by atoms with van der Waals surface area (Å²) in [5, 5.41) is 14.5. The van der Waals surface area contributed by atoms with Crippen LogP contribution in [0.2, 0.25) is 0 Å². The Hall–Kier alpha value is -3.06. The van der Waals surface area contributed by atoms with Gasteiger partial charge in [-0.25, -0.2) is 9.59 Å². The summed E-state index contributed by atoms with van der Waals surface area (Å²) in [6, 6.07) is 12.0. The Morgan fingerprint density at radius 1 is 1.14 bits per heavy atom. The molecule has 0 spiro atoms. The van der Waals surface area contributed by atoms with Crippen LogP contribution in [0.15, 0.2) is 42.5 Å². The van der Waals surface area contributed by atoms with Gasteiger partial charge in [0, 0.05) is 25.3 Å². The number of ether oxygens (including phenoxy) is 2. The topological polar surface area (TPSA) is 96.9 Å². The molecule has 0 aliphatic carbocycles. The lowest BCUT2D eigenvalue weighted by Gasteiger charge is -2.16. The molecule has 1 aliphatic heterocycles. The summed E-state index contributed by atoms with van der Waals surface area (Å²) in [6.07, 6.45) is 2.21. The number of carbonyl (C=O) groups excluding carboxylic acids is 1. The van der Waals surface area contributed by atoms with Crippen LogP contribution >= 0.6 is 0 Å². The highest BCUT2D eigenvalue weighted by Crippen LogP contribution is 2.22. The van der Waals surface area contributed by atoms with Gasteiger partial charge in [0.05, 0.1) is 11.7 Å². The molecule has 154 valence electrons. The molecule has 3 N–H and O–H groups in total. The van der Waals surface area contributed by atoms with E-state index < -0.39 is 5.97 Å². The fraction of sp³-hybridized carbons (Fsp3) is 0.364. The van der Waals surface area contributed by atoms with Gasteiger partial charge in [0.25, 0.3) is 0 Å². The zero-order valence-electron chi connectivity index (χ0n) is 16.4. The lowest BCUT2D eigenvalue weighted by molar-refractivity contribution is 0.0675. The molecule has 2 aromatic carbocycles. The van der Waals surface area contributed by atoms with Crippen LogP contribution in [0, 0.1) is 6.92 Å². The number of rotatable bonds is 8. The molecule has 1 heterocycles. The van der Waals surface area contributed by atoms with E-state index >= 15 is 0 Å². The van der Waals surface area contributed by atoms with Crippen LogP contribution in [0.1, 0.15) is 39.9 Å². The van der Waals surface area contributed by atoms with Crippen molar-refractivity contribution >= 4 is 12.0 Å². The van der Waals surface area contributed by atoms with Gasteiger partial charge >= 0.3 is 12.0 Å². The number of amides is 2. The minimum atomic E-state index is -0.974. The number of carbonyl (C=O) groups is 2. The Morgan fingerprint density at radius 3 is 2.59 bits per heavy atom. The average Bonchev–Trinajstić information content (AvgIpc) is 3.24. The van der Waals surface area contributed by atoms with Crippen molar-refractivity contribution in [2.45, 2.75) is 39.0 Å². The molecule has 2 amide bonds. The van der Waals surface area contributed by atoms with E-state index in [1.54, 1.807) is 12.1 Å². The van der Waals surface area contributed by atoms with E-state index in [0.29, 0.717) is 19.7 Å². The third-order valence-corrected chi connectivity index (χ3v) is 4.76. The van der Waals surface area contributed by atoms with E-state index in [9.17, 15) is 9.59 Å². The Labute approximate surface area is 170 Å². The van der Waals surface area contributed by atoms with Crippen LogP contribution in [0.4, 0.5) is 4.79 Å². The Kier molecular flexibility index (Phi) is 7.08. The number of hydrogen-bond donors (Lipinski definition) is 3. The maximum atomic E-state index is 12.1. The molecule has 1 fully saturated rings. The van der Waals surface area contributed by atoms with Gasteiger partial charge in [-0.1, -0.05) is 24.3 Å². The molecular weight excluding hydrogens is 372 g/mol. The van der Waals surface area contributed by atoms with Crippen LogP contribution < -0.4 is 15.4 Å². The molecule has 0 radical (unpaired) electrons. The predicted molar refractivity (Wildman–Crippen MR) is 108 cm³/mol. The van der Waals surface area contributed by atoms with Crippen LogP contribution in [0.3, 0.4) is 0 Å². The highest BCUT2D eigenvalue weighted by molar-refractivity contribution is 5.87. The molecule has 1 aliphatic rings. The molecule has 2 aromatic rings. The van der Waals surface area contributed by atoms with Crippen molar-refractivity contribution in [3.8, 4) is 5.75 Å². The molecule has 7 nitrogen and oxygen atoms in total. The lowest BCUT2D eigenvalue weighted by atomic mass is 10.1. The van der Waals surface area contributed by atoms with Gasteiger partial charge in [-0.15, -0.1) is 0 Å². The van der Waals surface area contributed by atoms with Gasteiger partial charge in [-0.2, -0.15) is 0 Å². The van der Waals surface area contributed by atoms with E-state index in [1.165, 1.54) is 12.1 Å². The van der Waals surface area contributed by atoms with Gasteiger partial charge in [0.2, 0.25) is 0 Å². The van der Waals surface area contributed by atoms with Crippen LogP contribution in [0.5, 0.6) is 5.75 Å². The Morgan fingerprint density at radius 2 is 1.90 bits per heavy atom. The standard InChI is InChI=1S/C22H26N2O5/c1-15-4-7-18(20(11-15)29-14-19-3-2-10-28-19)13-24-22(27)23-12-16-5-8-17(9-6-16)21(25)26/h4-9,11,19H,2-3,10,12-14H2,1H3,(H,25,26)(H2,23,24,27). The van der Waals surface area contributed by atoms with Crippen LogP contribution in [-0.4, -0.2) is 36.4 Å². The number of benzene rings is 2. The molecule has 0 aromatic heterocycles. The quantitative estimate of drug-likeness (QED) is 0.634. The van der Waals surface area contributed by atoms with Crippen molar-refractivity contribution in [2.24, 2.45) is 0 Å². The van der Waals surface area contributed by atoms with Crippen LogP contribution in [0.25, 0.3) is 0 Å². The SMILES string of the molecule is Cc1ccc(CNC(=O)NCc2ccc(C(=O)O)cc2)c(OCC2CCCO2)c1. The number of carboxylic acids is 1. The van der Waals surface area contributed by atoms with E-state index in [-0.39, 0.29) is 17.7 Å². The number of urea groups is 1. The highest BCUT2D eigenvalue weighted by Gasteiger charge is 2.17. The number of aryl methyl sites for hydroxylation is 1. The number of hydrogen-bond acceptors (Lipinski definition) is 4. The van der Waals surface area contributed by atoms with Gasteiger partial charge < -0.3 is 25.2 Å². The number of aromatic carboxylic acids is 1. The highest BCUT2D eigenvalue weighted by atomic mass is 16.5. The van der Waals surface area contributed by atoms with Crippen molar-refractivity contribution in [3.63, 3.8) is 0 Å². The Balaban J connectivity index is 1.49. The van der Waals surface area contributed by atoms with Gasteiger partial charge in [-0.3, -0.25) is 0 Å². The fourth-order valence-corrected chi connectivity index (χ4v) is 3.09.